The summed E-state index contributed by atoms with van der Waals surface area (Å²) in [7, 11) is 0. The van der Waals surface area contributed by atoms with Crippen LogP contribution in [0.1, 0.15) is 18.2 Å². The van der Waals surface area contributed by atoms with E-state index in [4.69, 9.17) is 9.97 Å². The van der Waals surface area contributed by atoms with Gasteiger partial charge in [-0.15, -0.1) is 0 Å². The summed E-state index contributed by atoms with van der Waals surface area (Å²) in [5.41, 5.74) is 20.6. The van der Waals surface area contributed by atoms with E-state index in [1.54, 1.807) is 0 Å². The first-order valence-corrected chi connectivity index (χ1v) is 25.7. The van der Waals surface area contributed by atoms with E-state index in [1.807, 2.05) is 24.3 Å². The van der Waals surface area contributed by atoms with Crippen LogP contribution in [-0.4, -0.2) is 23.7 Å². The number of hydrogen-bond donors (Lipinski definition) is 0. The molecule has 4 heterocycles. The Morgan fingerprint density at radius 3 is 1.27 bits per heavy atom. The highest BCUT2D eigenvalue weighted by molar-refractivity contribution is 6.14. The SMILES string of the molecule is C/C=C\c1c(C)n(-c2ccc3c(c2)c2cc(-n4c5ccccc5c5ccccc54)ccc2n3-c2c(-c3ccccc3)cc(-c3cc(-c4ccccc4)nc(-c4ccccc4)n3)cc2-c2ccccc2)c2ccccc12. The third-order valence-electron chi connectivity index (χ3n) is 14.9. The molecule has 0 bridgehead atoms. The zero-order valence-corrected chi connectivity index (χ0v) is 41.6. The van der Waals surface area contributed by atoms with Crippen LogP contribution in [0.3, 0.4) is 0 Å². The average Bonchev–Trinajstić information content (AvgIpc) is 4.15. The van der Waals surface area contributed by atoms with Crippen LogP contribution in [0.2, 0.25) is 0 Å². The largest absolute Gasteiger partial charge is 0.313 e. The molecule has 0 aliphatic rings. The second kappa shape index (κ2) is 18.0. The van der Waals surface area contributed by atoms with E-state index >= 15 is 0 Å². The topological polar surface area (TPSA) is 40.6 Å². The lowest BCUT2D eigenvalue weighted by atomic mass is 9.91. The Bertz CT molecular complexity index is 4350. The molecule has 0 saturated carbocycles. The van der Waals surface area contributed by atoms with Gasteiger partial charge in [-0.1, -0.05) is 188 Å². The van der Waals surface area contributed by atoms with Crippen molar-refractivity contribution in [2.75, 3.05) is 0 Å². The highest BCUT2D eigenvalue weighted by Gasteiger charge is 2.25. The summed E-state index contributed by atoms with van der Waals surface area (Å²) in [6.45, 7) is 4.34. The number of aromatic nitrogens is 5. The molecule has 0 unspecified atom stereocenters. The van der Waals surface area contributed by atoms with Gasteiger partial charge in [0, 0.05) is 77.4 Å². The number of fused-ring (bicyclic) bond motifs is 7. The third kappa shape index (κ3) is 7.31. The Morgan fingerprint density at radius 1 is 0.333 bits per heavy atom. The number of benzene rings is 10. The molecule has 354 valence electrons. The normalized spacial score (nSPS) is 11.8. The Morgan fingerprint density at radius 2 is 0.747 bits per heavy atom. The summed E-state index contributed by atoms with van der Waals surface area (Å²) >= 11 is 0. The highest BCUT2D eigenvalue weighted by Crippen LogP contribution is 2.46. The lowest BCUT2D eigenvalue weighted by Crippen LogP contribution is -2.03. The lowest BCUT2D eigenvalue weighted by Gasteiger charge is -2.21. The van der Waals surface area contributed by atoms with Crippen LogP contribution in [0, 0.1) is 6.92 Å². The van der Waals surface area contributed by atoms with Crippen molar-refractivity contribution in [3.05, 3.63) is 266 Å². The minimum absolute atomic E-state index is 0.680. The first-order chi connectivity index (χ1) is 37.1. The van der Waals surface area contributed by atoms with E-state index in [0.717, 1.165) is 89.2 Å². The van der Waals surface area contributed by atoms with Crippen molar-refractivity contribution < 1.29 is 0 Å². The summed E-state index contributed by atoms with van der Waals surface area (Å²) in [5, 5.41) is 6.03. The van der Waals surface area contributed by atoms with Gasteiger partial charge in [0.05, 0.1) is 44.7 Å². The number of nitrogens with zero attached hydrogens (tertiary/aromatic N) is 5. The molecule has 0 fully saturated rings. The fourth-order valence-electron chi connectivity index (χ4n) is 11.6. The van der Waals surface area contributed by atoms with Gasteiger partial charge in [-0.3, -0.25) is 0 Å². The molecule has 0 saturated heterocycles. The molecular formula is C70H49N5. The molecular weight excluding hydrogens is 911 g/mol. The molecule has 14 aromatic rings. The number of rotatable bonds is 9. The van der Waals surface area contributed by atoms with Crippen LogP contribution in [0.15, 0.2) is 255 Å². The summed E-state index contributed by atoms with van der Waals surface area (Å²) in [4.78, 5) is 10.6. The van der Waals surface area contributed by atoms with Gasteiger partial charge in [0.2, 0.25) is 0 Å². The summed E-state index contributed by atoms with van der Waals surface area (Å²) in [6, 6.07) is 89.7. The van der Waals surface area contributed by atoms with E-state index in [-0.39, 0.29) is 0 Å². The summed E-state index contributed by atoms with van der Waals surface area (Å²) in [5.74, 6) is 0.680. The second-order valence-corrected chi connectivity index (χ2v) is 19.3. The standard InChI is InChI=1S/C70H49N5/c1-3-22-54-46(2)73(64-34-19-16-31-55(54)64)52-37-39-67-60(43-52)61-44-53(74-65-35-20-17-32-56(65)57-33-18-21-36-66(57)74)38-40-68(61)75(67)69-58(47-23-8-4-9-24-47)41-51(42-59(69)48-25-10-5-11-26-48)63-45-62(49-27-12-6-13-28-49)71-70(72-63)50-29-14-7-15-30-50/h3-45H,1-2H3/b22-3-. The van der Waals surface area contributed by atoms with E-state index in [0.29, 0.717) is 5.82 Å². The highest BCUT2D eigenvalue weighted by atomic mass is 15.0. The fourth-order valence-corrected chi connectivity index (χ4v) is 11.6. The minimum atomic E-state index is 0.680. The molecule has 75 heavy (non-hydrogen) atoms. The van der Waals surface area contributed by atoms with Crippen LogP contribution in [0.5, 0.6) is 0 Å². The van der Waals surface area contributed by atoms with Crippen LogP contribution in [0.25, 0.3) is 134 Å². The van der Waals surface area contributed by atoms with Gasteiger partial charge in [0.15, 0.2) is 5.82 Å². The van der Waals surface area contributed by atoms with Crippen LogP contribution >= 0.6 is 0 Å². The third-order valence-corrected chi connectivity index (χ3v) is 14.9. The Balaban J connectivity index is 1.09. The molecule has 0 aliphatic heterocycles. The van der Waals surface area contributed by atoms with Gasteiger partial charge in [-0.05, 0) is 97.8 Å². The molecule has 5 heteroatoms. The zero-order chi connectivity index (χ0) is 50.0. The predicted molar refractivity (Wildman–Crippen MR) is 314 cm³/mol. The Labute approximate surface area is 435 Å². The number of hydrogen-bond acceptors (Lipinski definition) is 2. The molecule has 0 aliphatic carbocycles. The van der Waals surface area contributed by atoms with Gasteiger partial charge in [0.25, 0.3) is 0 Å². The van der Waals surface area contributed by atoms with E-state index < -0.39 is 0 Å². The fraction of sp³-hybridized carbons (Fsp3) is 0.0286. The first-order valence-electron chi connectivity index (χ1n) is 25.7. The van der Waals surface area contributed by atoms with Gasteiger partial charge in [-0.2, -0.15) is 0 Å². The van der Waals surface area contributed by atoms with Crippen molar-refractivity contribution in [2.45, 2.75) is 13.8 Å². The summed E-state index contributed by atoms with van der Waals surface area (Å²) in [6.07, 6.45) is 4.38. The van der Waals surface area contributed by atoms with Crippen LogP contribution in [-0.2, 0) is 0 Å². The van der Waals surface area contributed by atoms with Gasteiger partial charge >= 0.3 is 0 Å². The molecule has 0 radical (unpaired) electrons. The summed E-state index contributed by atoms with van der Waals surface area (Å²) < 4.78 is 7.38. The van der Waals surface area contributed by atoms with Gasteiger partial charge in [0.1, 0.15) is 0 Å². The Hall–Kier alpha value is -9.84. The molecule has 14 rings (SSSR count). The van der Waals surface area contributed by atoms with Crippen molar-refractivity contribution in [2.24, 2.45) is 0 Å². The van der Waals surface area contributed by atoms with Crippen LogP contribution in [0.4, 0.5) is 0 Å². The molecule has 0 atom stereocenters. The monoisotopic (exact) mass is 959 g/mol. The smallest absolute Gasteiger partial charge is 0.160 e. The first kappa shape index (κ1) is 43.9. The molecule has 0 amide bonds. The molecule has 0 spiro atoms. The zero-order valence-electron chi connectivity index (χ0n) is 41.6. The van der Waals surface area contributed by atoms with Gasteiger partial charge < -0.3 is 13.7 Å². The van der Waals surface area contributed by atoms with Crippen molar-refractivity contribution in [1.82, 2.24) is 23.7 Å². The lowest BCUT2D eigenvalue weighted by molar-refractivity contribution is 1.05. The van der Waals surface area contributed by atoms with Crippen LogP contribution < -0.4 is 0 Å². The number of allylic oxidation sites excluding steroid dienone is 1. The quantitative estimate of drug-likeness (QED) is 0.145. The van der Waals surface area contributed by atoms with Crippen molar-refractivity contribution in [3.63, 3.8) is 0 Å². The maximum atomic E-state index is 5.39. The molecule has 5 nitrogen and oxygen atoms in total. The van der Waals surface area contributed by atoms with Crippen molar-refractivity contribution in [3.8, 4) is 73.2 Å². The average molecular weight is 960 g/mol. The van der Waals surface area contributed by atoms with E-state index in [1.165, 1.54) is 44.0 Å². The van der Waals surface area contributed by atoms with Crippen molar-refractivity contribution in [1.29, 1.82) is 0 Å². The molecule has 4 aromatic heterocycles. The number of para-hydroxylation sites is 3. The van der Waals surface area contributed by atoms with E-state index in [9.17, 15) is 0 Å². The van der Waals surface area contributed by atoms with Crippen molar-refractivity contribution >= 4 is 60.6 Å². The molecule has 10 aromatic carbocycles. The van der Waals surface area contributed by atoms with E-state index in [2.05, 4.69) is 264 Å². The maximum Gasteiger partial charge on any atom is 0.160 e. The Kier molecular flexibility index (Phi) is 10.6. The minimum Gasteiger partial charge on any atom is -0.313 e. The second-order valence-electron chi connectivity index (χ2n) is 19.3. The maximum absolute atomic E-state index is 5.39. The predicted octanol–water partition coefficient (Wildman–Crippen LogP) is 18.3. The van der Waals surface area contributed by atoms with Gasteiger partial charge in [-0.25, -0.2) is 9.97 Å². The molecule has 0 N–H and O–H groups in total.